The fraction of sp³-hybridized carbons (Fsp3) is 0.667. The Balaban J connectivity index is 2.57. The van der Waals surface area contributed by atoms with E-state index in [1.165, 1.54) is 11.1 Å². The van der Waals surface area contributed by atoms with Crippen LogP contribution in [0.15, 0.2) is 34.9 Å². The number of primary amides is 1. The van der Waals surface area contributed by atoms with Gasteiger partial charge in [-0.3, -0.25) is 13.8 Å². The third kappa shape index (κ3) is 12.3. The Labute approximate surface area is 222 Å². The van der Waals surface area contributed by atoms with Crippen LogP contribution >= 0.6 is 7.82 Å². The number of aliphatic hydroxyl groups excluding tert-OH is 3. The molecule has 13 nitrogen and oxygen atoms in total. The van der Waals surface area contributed by atoms with Crippen molar-refractivity contribution in [3.05, 3.63) is 34.9 Å². The van der Waals surface area contributed by atoms with Crippen molar-refractivity contribution >= 4 is 19.7 Å². The van der Waals surface area contributed by atoms with Crippen LogP contribution in [0.1, 0.15) is 53.4 Å². The van der Waals surface area contributed by atoms with E-state index in [1.807, 2.05) is 6.92 Å². The van der Waals surface area contributed by atoms with Crippen molar-refractivity contribution in [3.8, 4) is 0 Å². The minimum Gasteiger partial charge on any atom is -0.479 e. The zero-order chi connectivity index (χ0) is 29.0. The van der Waals surface area contributed by atoms with Gasteiger partial charge in [-0.2, -0.15) is 0 Å². The van der Waals surface area contributed by atoms with Gasteiger partial charge in [-0.15, -0.1) is 0 Å². The van der Waals surface area contributed by atoms with Gasteiger partial charge >= 0.3 is 13.8 Å². The number of phosphoric ester groups is 1. The van der Waals surface area contributed by atoms with Crippen molar-refractivity contribution in [2.24, 2.45) is 5.73 Å². The van der Waals surface area contributed by atoms with Crippen LogP contribution in [-0.2, 0) is 32.7 Å². The lowest BCUT2D eigenvalue weighted by Gasteiger charge is -2.38. The third-order valence-electron chi connectivity index (χ3n) is 5.60. The summed E-state index contributed by atoms with van der Waals surface area (Å²) < 4.78 is 31.7. The number of aliphatic carboxylic acids is 1. The van der Waals surface area contributed by atoms with Gasteiger partial charge in [0.25, 0.3) is 0 Å². The summed E-state index contributed by atoms with van der Waals surface area (Å²) in [5.41, 5.74) is 8.57. The maximum absolute atomic E-state index is 12.3. The molecule has 0 spiro atoms. The molecule has 0 bridgehead atoms. The number of hydrogen-bond donors (Lipinski definition) is 6. The van der Waals surface area contributed by atoms with E-state index in [4.69, 9.17) is 15.2 Å². The van der Waals surface area contributed by atoms with Crippen LogP contribution in [0.25, 0.3) is 0 Å². The van der Waals surface area contributed by atoms with E-state index in [2.05, 4.69) is 42.0 Å². The zero-order valence-corrected chi connectivity index (χ0v) is 23.0. The van der Waals surface area contributed by atoms with Gasteiger partial charge in [-0.05, 0) is 53.4 Å². The highest BCUT2D eigenvalue weighted by atomic mass is 31.2. The predicted molar refractivity (Wildman–Crippen MR) is 136 cm³/mol. The van der Waals surface area contributed by atoms with Crippen LogP contribution in [0.5, 0.6) is 0 Å². The minimum absolute atomic E-state index is 0.0964. The second-order valence-corrected chi connectivity index (χ2v) is 10.7. The molecular formula is C24H40NO12P. The molecule has 14 heteroatoms. The van der Waals surface area contributed by atoms with Gasteiger partial charge in [0.05, 0.1) is 13.2 Å². The summed E-state index contributed by atoms with van der Waals surface area (Å²) in [6, 6.07) is 0. The lowest BCUT2D eigenvalue weighted by atomic mass is 9.99. The van der Waals surface area contributed by atoms with Crippen LogP contribution in [-0.4, -0.2) is 87.2 Å². The number of carbonyl (C=O) groups is 2. The summed E-state index contributed by atoms with van der Waals surface area (Å²) in [5, 5.41) is 38.8. The number of allylic oxidation sites excluding steroid dienone is 5. The maximum Gasteiger partial charge on any atom is 0.474 e. The van der Waals surface area contributed by atoms with Crippen LogP contribution in [0.3, 0.4) is 0 Å². The second-order valence-electron chi connectivity index (χ2n) is 9.29. The molecule has 1 rings (SSSR count). The van der Waals surface area contributed by atoms with Crippen LogP contribution in [0.2, 0.25) is 0 Å². The van der Waals surface area contributed by atoms with E-state index in [1.54, 1.807) is 6.08 Å². The fourth-order valence-corrected chi connectivity index (χ4v) is 4.15. The molecule has 7 N–H and O–H groups in total. The number of carboxylic acids is 1. The number of aliphatic hydroxyl groups is 3. The van der Waals surface area contributed by atoms with E-state index in [0.717, 1.165) is 31.3 Å². The van der Waals surface area contributed by atoms with Gasteiger partial charge < -0.3 is 40.5 Å². The first kappa shape index (κ1) is 34.1. The molecule has 1 heterocycles. The highest BCUT2D eigenvalue weighted by molar-refractivity contribution is 7.47. The van der Waals surface area contributed by atoms with Crippen LogP contribution in [0.4, 0.5) is 0 Å². The Morgan fingerprint density at radius 3 is 2.11 bits per heavy atom. The molecule has 4 unspecified atom stereocenters. The summed E-state index contributed by atoms with van der Waals surface area (Å²) in [6.45, 7) is 7.07. The van der Waals surface area contributed by atoms with Crippen LogP contribution < -0.4 is 5.73 Å². The Kier molecular flexibility index (Phi) is 14.6. The van der Waals surface area contributed by atoms with Gasteiger partial charge in [0.15, 0.2) is 18.5 Å². The molecule has 0 saturated carbocycles. The Morgan fingerprint density at radius 2 is 1.55 bits per heavy atom. The van der Waals surface area contributed by atoms with Gasteiger partial charge in [0.1, 0.15) is 18.3 Å². The molecule has 0 aromatic rings. The number of nitrogens with two attached hydrogens (primary N) is 1. The zero-order valence-electron chi connectivity index (χ0n) is 22.1. The molecule has 0 radical (unpaired) electrons. The SMILES string of the molecule is CC(C)=CCC/C(C)=C/CC/C(C)=C\CO[C@H](COP(=O)(O)O[C@@H]1OC(C(N)=O)C(O)[C@H](O)C1O)C(=O)O. The molecule has 1 amide bonds. The predicted octanol–water partition coefficient (Wildman–Crippen LogP) is 1.30. The van der Waals surface area contributed by atoms with Crippen molar-refractivity contribution < 1.29 is 58.0 Å². The molecule has 1 aliphatic rings. The standard InChI is InChI=1S/C24H40NO12P/c1-14(2)7-5-8-15(3)9-6-10-16(4)11-12-34-17(23(30)31)13-35-38(32,33)37-24-20(28)18(26)19(27)21(36-24)22(25)29/h7,9,11,17-21,24,26-28H,5-6,8,10,12-13H2,1-4H3,(H2,25,29)(H,30,31)(H,32,33)/b15-9+,16-11-/t17-,18+,19?,20?,21?,24+/m1/s1. The topological polar surface area (TPSA) is 215 Å². The summed E-state index contributed by atoms with van der Waals surface area (Å²) >= 11 is 0. The number of rotatable bonds is 16. The Hall–Kier alpha value is -1.93. The van der Waals surface area contributed by atoms with Gasteiger partial charge in [0, 0.05) is 0 Å². The third-order valence-corrected chi connectivity index (χ3v) is 6.55. The van der Waals surface area contributed by atoms with E-state index >= 15 is 0 Å². The number of hydrogen-bond acceptors (Lipinski definition) is 10. The highest BCUT2D eigenvalue weighted by Crippen LogP contribution is 2.46. The summed E-state index contributed by atoms with van der Waals surface area (Å²) in [5.74, 6) is -2.69. The molecule has 0 aromatic heterocycles. The number of amides is 1. The quantitative estimate of drug-likeness (QED) is 0.115. The Bertz CT molecular complexity index is 929. The Morgan fingerprint density at radius 1 is 0.974 bits per heavy atom. The molecule has 1 fully saturated rings. The van der Waals surface area contributed by atoms with Crippen LogP contribution in [0, 0.1) is 0 Å². The molecule has 1 aliphatic heterocycles. The number of carboxylic acid groups (broad SMARTS) is 1. The van der Waals surface area contributed by atoms with Gasteiger partial charge in [-0.1, -0.05) is 34.9 Å². The minimum atomic E-state index is -5.08. The second kappa shape index (κ2) is 16.2. The highest BCUT2D eigenvalue weighted by Gasteiger charge is 2.49. The molecular weight excluding hydrogens is 525 g/mol. The van der Waals surface area contributed by atoms with Crippen molar-refractivity contribution in [2.45, 2.75) is 90.2 Å². The van der Waals surface area contributed by atoms with E-state index in [9.17, 15) is 39.5 Å². The van der Waals surface area contributed by atoms with Gasteiger partial charge in [0.2, 0.25) is 5.91 Å². The van der Waals surface area contributed by atoms with E-state index in [-0.39, 0.29) is 6.61 Å². The molecule has 0 aliphatic carbocycles. The van der Waals surface area contributed by atoms with E-state index < -0.39 is 63.1 Å². The largest absolute Gasteiger partial charge is 0.479 e. The average Bonchev–Trinajstić information content (AvgIpc) is 2.80. The van der Waals surface area contributed by atoms with Crippen molar-refractivity contribution in [2.75, 3.05) is 13.2 Å². The first-order valence-electron chi connectivity index (χ1n) is 12.1. The first-order chi connectivity index (χ1) is 17.6. The maximum atomic E-state index is 12.3. The molecule has 7 atom stereocenters. The first-order valence-corrected chi connectivity index (χ1v) is 13.6. The monoisotopic (exact) mass is 565 g/mol. The van der Waals surface area contributed by atoms with Gasteiger partial charge in [-0.25, -0.2) is 9.36 Å². The van der Waals surface area contributed by atoms with Crippen molar-refractivity contribution in [1.82, 2.24) is 0 Å². The number of ether oxygens (including phenoxy) is 2. The molecule has 218 valence electrons. The molecule has 0 aromatic carbocycles. The summed E-state index contributed by atoms with van der Waals surface area (Å²) in [6.07, 6.45) is -1.93. The summed E-state index contributed by atoms with van der Waals surface area (Å²) in [7, 11) is -5.08. The van der Waals surface area contributed by atoms with Crippen molar-refractivity contribution in [3.63, 3.8) is 0 Å². The molecule has 38 heavy (non-hydrogen) atoms. The average molecular weight is 566 g/mol. The lowest BCUT2D eigenvalue weighted by molar-refractivity contribution is -0.270. The van der Waals surface area contributed by atoms with Crippen molar-refractivity contribution in [1.29, 1.82) is 0 Å². The van der Waals surface area contributed by atoms with E-state index in [0.29, 0.717) is 0 Å². The normalized spacial score (nSPS) is 26.9. The smallest absolute Gasteiger partial charge is 0.474 e. The summed E-state index contributed by atoms with van der Waals surface area (Å²) in [4.78, 5) is 32.7. The lowest BCUT2D eigenvalue weighted by Crippen LogP contribution is -2.61. The number of carbonyl (C=O) groups excluding carboxylic acids is 1. The molecule has 1 saturated heterocycles. The fourth-order valence-electron chi connectivity index (χ4n) is 3.33. The number of phosphoric acid groups is 1.